The van der Waals surface area contributed by atoms with E-state index in [1.807, 2.05) is 60.7 Å². The van der Waals surface area contributed by atoms with Crippen molar-refractivity contribution in [2.45, 2.75) is 0 Å². The summed E-state index contributed by atoms with van der Waals surface area (Å²) < 4.78 is 11.9. The summed E-state index contributed by atoms with van der Waals surface area (Å²) in [7, 11) is 0. The van der Waals surface area contributed by atoms with Gasteiger partial charge in [-0.3, -0.25) is 0 Å². The molecule has 0 saturated carbocycles. The minimum Gasteiger partial charge on any atom is -0.455 e. The Hall–Kier alpha value is -9.39. The topological polar surface area (TPSA) is 61.7 Å². The zero-order valence-corrected chi connectivity index (χ0v) is 37.2. The molecular weight excluding hydrogens is 843 g/mol. The van der Waals surface area contributed by atoms with E-state index in [2.05, 4.69) is 185 Å². The van der Waals surface area contributed by atoms with Crippen LogP contribution in [0.25, 0.3) is 133 Å². The highest BCUT2D eigenvalue weighted by Gasteiger charge is 2.24. The normalized spacial score (nSPS) is 11.8. The van der Waals surface area contributed by atoms with Crippen LogP contribution in [0, 0.1) is 0 Å². The van der Waals surface area contributed by atoms with E-state index in [0.29, 0.717) is 17.5 Å². The molecule has 0 aliphatic heterocycles. The number of fused-ring (bicyclic) bond motifs is 9. The predicted molar refractivity (Wildman–Crippen MR) is 283 cm³/mol. The molecule has 10 aromatic carbocycles. The largest absolute Gasteiger partial charge is 0.455 e. The Kier molecular flexibility index (Phi) is 8.79. The number of rotatable bonds is 7. The molecule has 0 aliphatic rings. The average Bonchev–Trinajstić information content (AvgIpc) is 4.10. The molecule has 0 atom stereocenters. The van der Waals surface area contributed by atoms with E-state index in [1.54, 1.807) is 0 Å². The van der Waals surface area contributed by atoms with Crippen LogP contribution in [0.2, 0.25) is 0 Å². The van der Waals surface area contributed by atoms with E-state index in [9.17, 15) is 0 Å². The lowest BCUT2D eigenvalue weighted by atomic mass is 9.95. The third-order valence-electron chi connectivity index (χ3n) is 13.6. The molecule has 4 aromatic heterocycles. The van der Waals surface area contributed by atoms with Gasteiger partial charge in [0.25, 0.3) is 0 Å². The van der Waals surface area contributed by atoms with Gasteiger partial charge in [-0.1, -0.05) is 188 Å². The van der Waals surface area contributed by atoms with E-state index >= 15 is 0 Å². The van der Waals surface area contributed by atoms with Crippen molar-refractivity contribution in [2.75, 3.05) is 0 Å². The van der Waals surface area contributed by atoms with Crippen molar-refractivity contribution >= 4 is 65.6 Å². The summed E-state index contributed by atoms with van der Waals surface area (Å²) in [6.45, 7) is 0. The molecule has 0 spiro atoms. The van der Waals surface area contributed by atoms with Crippen molar-refractivity contribution in [1.82, 2.24) is 24.1 Å². The summed E-state index contributed by atoms with van der Waals surface area (Å²) in [5.41, 5.74) is 15.5. The quantitative estimate of drug-likeness (QED) is 0.160. The summed E-state index contributed by atoms with van der Waals surface area (Å²) in [5, 5.41) is 6.93. The average molecular weight is 882 g/mol. The van der Waals surface area contributed by atoms with Crippen molar-refractivity contribution in [3.8, 4) is 67.8 Å². The third-order valence-corrected chi connectivity index (χ3v) is 13.6. The van der Waals surface area contributed by atoms with Crippen LogP contribution in [-0.4, -0.2) is 24.1 Å². The molecule has 6 nitrogen and oxygen atoms in total. The standard InChI is InChI=1S/C63H39N5O/c1-4-19-40(20-5-1)61-64-62(41-21-6-2-7-22-41)66-63(65-61)43-24-14-23-42(39-43)45-29-15-33-51-57-47(30-17-38-56(57)69-60(45)51)49-32-16-31-48-46-27-10-12-34-52(46)68(59(48)49)55-37-18-36-54-58(55)50-28-11-13-35-53(50)67(54)44-25-8-3-9-26-44/h1-39H. The van der Waals surface area contributed by atoms with Gasteiger partial charge in [-0.2, -0.15) is 0 Å². The number of nitrogens with zero attached hydrogens (tertiary/aromatic N) is 5. The molecular formula is C63H39N5O. The third kappa shape index (κ3) is 6.16. The molecule has 322 valence electrons. The predicted octanol–water partition coefficient (Wildman–Crippen LogP) is 16.3. The summed E-state index contributed by atoms with van der Waals surface area (Å²) in [6.07, 6.45) is 0. The minimum absolute atomic E-state index is 0.604. The van der Waals surface area contributed by atoms with E-state index in [0.717, 1.165) is 88.8 Å². The molecule has 0 amide bonds. The van der Waals surface area contributed by atoms with Crippen molar-refractivity contribution < 1.29 is 4.42 Å². The monoisotopic (exact) mass is 881 g/mol. The second kappa shape index (κ2) is 15.6. The Morgan fingerprint density at radius 1 is 0.319 bits per heavy atom. The SMILES string of the molecule is c1ccc(-c2nc(-c3ccccc3)nc(-c3cccc(-c4cccc5c4oc4cccc(-c6cccc7c8ccccc8n(-c8cccc9c8c8ccccc8n9-c8ccccc8)c67)c45)c3)n2)cc1. The van der Waals surface area contributed by atoms with Crippen molar-refractivity contribution in [3.63, 3.8) is 0 Å². The van der Waals surface area contributed by atoms with Gasteiger partial charge in [-0.05, 0) is 59.7 Å². The van der Waals surface area contributed by atoms with Crippen molar-refractivity contribution in [1.29, 1.82) is 0 Å². The fourth-order valence-corrected chi connectivity index (χ4v) is 10.6. The molecule has 14 rings (SSSR count). The van der Waals surface area contributed by atoms with Crippen molar-refractivity contribution in [3.05, 3.63) is 237 Å². The van der Waals surface area contributed by atoms with Crippen molar-refractivity contribution in [2.24, 2.45) is 0 Å². The first-order valence-electron chi connectivity index (χ1n) is 23.3. The number of aromatic nitrogens is 5. The Labute approximate surface area is 396 Å². The highest BCUT2D eigenvalue weighted by Crippen LogP contribution is 2.46. The van der Waals surface area contributed by atoms with Gasteiger partial charge in [-0.15, -0.1) is 0 Å². The van der Waals surface area contributed by atoms with Crippen LogP contribution >= 0.6 is 0 Å². The van der Waals surface area contributed by atoms with Gasteiger partial charge in [0, 0.05) is 65.8 Å². The Morgan fingerprint density at radius 3 is 1.57 bits per heavy atom. The van der Waals surface area contributed by atoms with Gasteiger partial charge < -0.3 is 13.6 Å². The second-order valence-corrected chi connectivity index (χ2v) is 17.5. The molecule has 14 aromatic rings. The van der Waals surface area contributed by atoms with E-state index in [4.69, 9.17) is 19.4 Å². The highest BCUT2D eigenvalue weighted by atomic mass is 16.3. The number of furan rings is 1. The summed E-state index contributed by atoms with van der Waals surface area (Å²) in [5.74, 6) is 1.86. The van der Waals surface area contributed by atoms with Gasteiger partial charge >= 0.3 is 0 Å². The zero-order valence-electron chi connectivity index (χ0n) is 37.2. The molecule has 0 radical (unpaired) electrons. The van der Waals surface area contributed by atoms with Crippen LogP contribution < -0.4 is 0 Å². The molecule has 0 saturated heterocycles. The molecule has 0 fully saturated rings. The second-order valence-electron chi connectivity index (χ2n) is 17.5. The van der Waals surface area contributed by atoms with Crippen LogP contribution in [0.1, 0.15) is 0 Å². The molecule has 4 heterocycles. The smallest absolute Gasteiger partial charge is 0.164 e. The number of hydrogen-bond acceptors (Lipinski definition) is 4. The first-order valence-corrected chi connectivity index (χ1v) is 23.3. The molecule has 0 unspecified atom stereocenters. The van der Waals surface area contributed by atoms with Crippen LogP contribution in [0.4, 0.5) is 0 Å². The lowest BCUT2D eigenvalue weighted by Gasteiger charge is -2.14. The fourth-order valence-electron chi connectivity index (χ4n) is 10.6. The van der Waals surface area contributed by atoms with E-state index < -0.39 is 0 Å². The zero-order chi connectivity index (χ0) is 45.4. The summed E-state index contributed by atoms with van der Waals surface area (Å²) >= 11 is 0. The maximum Gasteiger partial charge on any atom is 0.164 e. The van der Waals surface area contributed by atoms with Gasteiger partial charge in [0.1, 0.15) is 11.2 Å². The van der Waals surface area contributed by atoms with Gasteiger partial charge in [0.2, 0.25) is 0 Å². The lowest BCUT2D eigenvalue weighted by Crippen LogP contribution is -2.00. The maximum absolute atomic E-state index is 6.99. The number of hydrogen-bond donors (Lipinski definition) is 0. The van der Waals surface area contributed by atoms with Gasteiger partial charge in [-0.25, -0.2) is 15.0 Å². The van der Waals surface area contributed by atoms with Crippen LogP contribution in [0.5, 0.6) is 0 Å². The molecule has 6 heteroatoms. The molecule has 69 heavy (non-hydrogen) atoms. The van der Waals surface area contributed by atoms with E-state index in [1.165, 1.54) is 27.1 Å². The maximum atomic E-state index is 6.99. The Bertz CT molecular complexity index is 4240. The highest BCUT2D eigenvalue weighted by molar-refractivity contribution is 6.22. The Morgan fingerprint density at radius 2 is 0.826 bits per heavy atom. The van der Waals surface area contributed by atoms with Gasteiger partial charge in [0.15, 0.2) is 17.5 Å². The first kappa shape index (κ1) is 38.8. The fraction of sp³-hybridized carbons (Fsp3) is 0. The van der Waals surface area contributed by atoms with Crippen LogP contribution in [-0.2, 0) is 0 Å². The number of para-hydroxylation sites is 5. The first-order chi connectivity index (χ1) is 34.2. The molecule has 0 bridgehead atoms. The number of benzene rings is 10. The molecule has 0 N–H and O–H groups in total. The Balaban J connectivity index is 0.967. The minimum atomic E-state index is 0.604. The van der Waals surface area contributed by atoms with E-state index in [-0.39, 0.29) is 0 Å². The van der Waals surface area contributed by atoms with Crippen LogP contribution in [0.15, 0.2) is 241 Å². The van der Waals surface area contributed by atoms with Crippen LogP contribution in [0.3, 0.4) is 0 Å². The lowest BCUT2D eigenvalue weighted by molar-refractivity contribution is 0.670. The summed E-state index contributed by atoms with van der Waals surface area (Å²) in [4.78, 5) is 15.0. The summed E-state index contributed by atoms with van der Waals surface area (Å²) in [6, 6.07) is 83.3. The van der Waals surface area contributed by atoms with Gasteiger partial charge in [0.05, 0.1) is 27.8 Å². The molecule has 0 aliphatic carbocycles.